The number of rotatable bonds is 4. The van der Waals surface area contributed by atoms with E-state index in [2.05, 4.69) is 0 Å². The number of hydrogen-bond acceptors (Lipinski definition) is 8. The van der Waals surface area contributed by atoms with Crippen LogP contribution in [0, 0.1) is 0 Å². The van der Waals surface area contributed by atoms with E-state index in [1.807, 2.05) is 0 Å². The van der Waals surface area contributed by atoms with E-state index in [1.165, 1.54) is 48.5 Å². The minimum Gasteiger partial charge on any atom is -0.449 e. The largest absolute Gasteiger partial charge is 0.511 e. The highest BCUT2D eigenvalue weighted by Crippen LogP contribution is 2.49. The number of hydrogen-bond donors (Lipinski definition) is 4. The SMILES string of the molecule is O=C(O)Oc1ccc2c3ccc(OC(=O)O)c4c(OC(=O)O)ccc(c5ccc(OC(=O)O)c1c25)c43. The number of carboxylic acid groups (broad SMARTS) is 4. The lowest BCUT2D eigenvalue weighted by atomic mass is 9.88. The molecule has 0 amide bonds. The van der Waals surface area contributed by atoms with Crippen LogP contribution in [0.25, 0.3) is 43.1 Å². The second-order valence-corrected chi connectivity index (χ2v) is 7.42. The molecule has 12 heteroatoms. The predicted octanol–water partition coefficient (Wildman–Crippen LogP) is 5.96. The molecule has 36 heavy (non-hydrogen) atoms. The Kier molecular flexibility index (Phi) is 4.99. The zero-order valence-electron chi connectivity index (χ0n) is 17.7. The van der Waals surface area contributed by atoms with Gasteiger partial charge in [-0.1, -0.05) is 0 Å². The molecule has 5 aromatic rings. The van der Waals surface area contributed by atoms with E-state index >= 15 is 0 Å². The van der Waals surface area contributed by atoms with Crippen LogP contribution in [0.4, 0.5) is 19.2 Å². The molecule has 12 nitrogen and oxygen atoms in total. The van der Waals surface area contributed by atoms with Gasteiger partial charge in [-0.15, -0.1) is 0 Å². The molecule has 0 atom stereocenters. The number of benzene rings is 5. The molecule has 0 radical (unpaired) electrons. The van der Waals surface area contributed by atoms with Crippen molar-refractivity contribution < 1.29 is 58.6 Å². The van der Waals surface area contributed by atoms with Gasteiger partial charge in [0.15, 0.2) is 0 Å². The first-order chi connectivity index (χ1) is 17.2. The van der Waals surface area contributed by atoms with Gasteiger partial charge in [-0.3, -0.25) is 0 Å². The summed E-state index contributed by atoms with van der Waals surface area (Å²) in [5.41, 5.74) is 0. The molecule has 180 valence electrons. The zero-order valence-corrected chi connectivity index (χ0v) is 17.7. The smallest absolute Gasteiger partial charge is 0.449 e. The van der Waals surface area contributed by atoms with E-state index in [0.29, 0.717) is 32.3 Å². The summed E-state index contributed by atoms with van der Waals surface area (Å²) in [5.74, 6) is -0.683. The van der Waals surface area contributed by atoms with Gasteiger partial charge in [-0.25, -0.2) is 19.2 Å². The second kappa shape index (κ2) is 8.06. The summed E-state index contributed by atoms with van der Waals surface area (Å²) in [6.45, 7) is 0. The Morgan fingerprint density at radius 1 is 0.389 bits per heavy atom. The number of carbonyl (C=O) groups is 4. The Morgan fingerprint density at radius 3 is 0.806 bits per heavy atom. The van der Waals surface area contributed by atoms with Crippen LogP contribution in [0.2, 0.25) is 0 Å². The monoisotopic (exact) mass is 492 g/mol. The minimum atomic E-state index is -1.62. The second-order valence-electron chi connectivity index (χ2n) is 7.42. The van der Waals surface area contributed by atoms with Gasteiger partial charge in [0.25, 0.3) is 0 Å². The fourth-order valence-corrected chi connectivity index (χ4v) is 4.48. The molecule has 0 bridgehead atoms. The summed E-state index contributed by atoms with van der Waals surface area (Å²) < 4.78 is 19.6. The molecule has 0 aliphatic rings. The third-order valence-corrected chi connectivity index (χ3v) is 5.54. The van der Waals surface area contributed by atoms with Gasteiger partial charge in [-0.05, 0) is 70.1 Å². The first kappa shape index (κ1) is 22.3. The van der Waals surface area contributed by atoms with Crippen molar-refractivity contribution in [3.05, 3.63) is 48.5 Å². The minimum absolute atomic E-state index is 0.0744. The zero-order chi connectivity index (χ0) is 25.7. The molecule has 0 saturated carbocycles. The molecule has 0 unspecified atom stereocenters. The third-order valence-electron chi connectivity index (χ3n) is 5.54. The molecule has 0 saturated heterocycles. The third kappa shape index (κ3) is 3.49. The fraction of sp³-hybridized carbons (Fsp3) is 0. The normalized spacial score (nSPS) is 11.1. The van der Waals surface area contributed by atoms with Crippen LogP contribution in [0.15, 0.2) is 48.5 Å². The summed E-state index contributed by atoms with van der Waals surface area (Å²) >= 11 is 0. The van der Waals surface area contributed by atoms with E-state index in [4.69, 9.17) is 18.9 Å². The topological polar surface area (TPSA) is 186 Å². The van der Waals surface area contributed by atoms with E-state index in [9.17, 15) is 39.6 Å². The van der Waals surface area contributed by atoms with E-state index in [-0.39, 0.29) is 33.8 Å². The molecule has 0 fully saturated rings. The highest BCUT2D eigenvalue weighted by atomic mass is 16.7. The molecular formula is C24H12O12. The van der Waals surface area contributed by atoms with Gasteiger partial charge in [-0.2, -0.15) is 0 Å². The van der Waals surface area contributed by atoms with E-state index in [1.54, 1.807) is 0 Å². The summed E-state index contributed by atoms with van der Waals surface area (Å²) in [7, 11) is 0. The highest BCUT2D eigenvalue weighted by Gasteiger charge is 2.24. The van der Waals surface area contributed by atoms with E-state index < -0.39 is 24.6 Å². The standard InChI is InChI=1S/C24H12O12/c25-21(26)33-13-5-1-9-10-2-6-15(35-23(29)30)20-16(36-24(31)32)8-4-12(18(10)20)11-3-7-14(34-22(27)28)19(13)17(9)11/h1-8H,(H,25,26)(H,27,28)(H,29,30)(H,31,32). The average molecular weight is 492 g/mol. The van der Waals surface area contributed by atoms with Gasteiger partial charge < -0.3 is 39.4 Å². The Morgan fingerprint density at radius 2 is 0.611 bits per heavy atom. The first-order valence-electron chi connectivity index (χ1n) is 9.99. The molecule has 4 N–H and O–H groups in total. The molecule has 0 heterocycles. The lowest BCUT2D eigenvalue weighted by molar-refractivity contribution is 0.141. The van der Waals surface area contributed by atoms with Crippen molar-refractivity contribution in [3.63, 3.8) is 0 Å². The lowest BCUT2D eigenvalue weighted by Gasteiger charge is -2.19. The maximum Gasteiger partial charge on any atom is 0.511 e. The fourth-order valence-electron chi connectivity index (χ4n) is 4.48. The van der Waals surface area contributed by atoms with Crippen molar-refractivity contribution in [2.75, 3.05) is 0 Å². The Hall–Kier alpha value is -5.52. The average Bonchev–Trinajstić information content (AvgIpc) is 2.78. The Bertz CT molecular complexity index is 1500. The summed E-state index contributed by atoms with van der Waals surface area (Å²) in [6, 6.07) is 11.4. The van der Waals surface area contributed by atoms with E-state index in [0.717, 1.165) is 0 Å². The molecule has 0 aliphatic carbocycles. The van der Waals surface area contributed by atoms with Crippen LogP contribution in [-0.4, -0.2) is 45.0 Å². The van der Waals surface area contributed by atoms with Crippen LogP contribution in [-0.2, 0) is 0 Å². The molecule has 0 aromatic heterocycles. The lowest BCUT2D eigenvalue weighted by Crippen LogP contribution is -2.08. The Balaban J connectivity index is 2.00. The van der Waals surface area contributed by atoms with Crippen molar-refractivity contribution in [1.82, 2.24) is 0 Å². The Labute approximate surface area is 198 Å². The van der Waals surface area contributed by atoms with Crippen LogP contribution in [0.3, 0.4) is 0 Å². The van der Waals surface area contributed by atoms with Crippen LogP contribution >= 0.6 is 0 Å². The molecule has 0 aliphatic heterocycles. The predicted molar refractivity (Wildman–Crippen MR) is 122 cm³/mol. The highest BCUT2D eigenvalue weighted by molar-refractivity contribution is 6.35. The summed E-state index contributed by atoms with van der Waals surface area (Å²) in [5, 5.41) is 39.7. The molecule has 5 aromatic carbocycles. The van der Waals surface area contributed by atoms with Gasteiger partial charge in [0, 0.05) is 10.8 Å². The quantitative estimate of drug-likeness (QED) is 0.0998. The van der Waals surface area contributed by atoms with Crippen molar-refractivity contribution in [2.45, 2.75) is 0 Å². The number of fused-ring (bicyclic) bond motifs is 2. The maximum absolute atomic E-state index is 11.3. The van der Waals surface area contributed by atoms with Crippen LogP contribution in [0.1, 0.15) is 0 Å². The number of ether oxygens (including phenoxy) is 4. The van der Waals surface area contributed by atoms with Gasteiger partial charge in [0.2, 0.25) is 0 Å². The first-order valence-corrected chi connectivity index (χ1v) is 9.99. The molecule has 0 spiro atoms. The van der Waals surface area contributed by atoms with Gasteiger partial charge in [0.05, 0.1) is 10.8 Å². The summed E-state index contributed by atoms with van der Waals surface area (Å²) in [4.78, 5) is 45.2. The maximum atomic E-state index is 11.3. The van der Waals surface area contributed by atoms with Crippen molar-refractivity contribution in [2.24, 2.45) is 0 Å². The van der Waals surface area contributed by atoms with Gasteiger partial charge >= 0.3 is 24.6 Å². The van der Waals surface area contributed by atoms with Crippen LogP contribution < -0.4 is 18.9 Å². The van der Waals surface area contributed by atoms with Crippen LogP contribution in [0.5, 0.6) is 23.0 Å². The van der Waals surface area contributed by atoms with Crippen molar-refractivity contribution in [1.29, 1.82) is 0 Å². The molecular weight excluding hydrogens is 480 g/mol. The molecule has 5 rings (SSSR count). The van der Waals surface area contributed by atoms with Gasteiger partial charge in [0.1, 0.15) is 23.0 Å². The summed E-state index contributed by atoms with van der Waals surface area (Å²) in [6.07, 6.45) is -6.50. The van der Waals surface area contributed by atoms with Crippen molar-refractivity contribution >= 4 is 67.7 Å². The van der Waals surface area contributed by atoms with Crippen molar-refractivity contribution in [3.8, 4) is 23.0 Å².